The number of nitrogens with zero attached hydrogens (tertiary/aromatic N) is 1. The van der Waals surface area contributed by atoms with Crippen LogP contribution in [0.3, 0.4) is 0 Å². The van der Waals surface area contributed by atoms with E-state index in [-0.39, 0.29) is 17.0 Å². The van der Waals surface area contributed by atoms with Crippen molar-refractivity contribution in [2.24, 2.45) is 0 Å². The van der Waals surface area contributed by atoms with Crippen LogP contribution in [0.4, 0.5) is 11.4 Å². The molecule has 184 valence electrons. The van der Waals surface area contributed by atoms with Crippen LogP contribution >= 0.6 is 0 Å². The molecular formula is C23H28N2O9. The number of benzene rings is 2. The molecule has 2 aromatic carbocycles. The summed E-state index contributed by atoms with van der Waals surface area (Å²) in [6.07, 6.45) is 0. The van der Waals surface area contributed by atoms with Gasteiger partial charge in [-0.25, -0.2) is 4.79 Å². The minimum atomic E-state index is -0.766. The van der Waals surface area contributed by atoms with Crippen molar-refractivity contribution in [3.05, 3.63) is 45.5 Å². The third-order valence-electron chi connectivity index (χ3n) is 4.48. The smallest absolute Gasteiger partial charge is 0.338 e. The number of amides is 1. The molecule has 2 rings (SSSR count). The molecule has 0 saturated carbocycles. The number of hydrogen-bond donors (Lipinski definition) is 1. The zero-order valence-electron chi connectivity index (χ0n) is 19.8. The van der Waals surface area contributed by atoms with Gasteiger partial charge in [-0.3, -0.25) is 14.9 Å². The number of aryl methyl sites for hydroxylation is 1. The van der Waals surface area contributed by atoms with Crippen LogP contribution in [0.15, 0.2) is 24.3 Å². The van der Waals surface area contributed by atoms with Crippen molar-refractivity contribution in [1.82, 2.24) is 0 Å². The fourth-order valence-electron chi connectivity index (χ4n) is 3.02. The Morgan fingerprint density at radius 1 is 0.941 bits per heavy atom. The summed E-state index contributed by atoms with van der Waals surface area (Å²) in [6.45, 7) is 7.46. The Bertz CT molecular complexity index is 1030. The number of methoxy groups -OCH3 is 1. The first-order chi connectivity index (χ1) is 16.2. The van der Waals surface area contributed by atoms with E-state index in [9.17, 15) is 19.7 Å². The highest BCUT2D eigenvalue weighted by atomic mass is 16.6. The molecule has 0 atom stereocenters. The number of carbonyl (C=O) groups excluding carboxylic acids is 2. The molecule has 0 aliphatic carbocycles. The Labute approximate surface area is 197 Å². The molecule has 1 amide bonds. The third-order valence-corrected chi connectivity index (χ3v) is 4.48. The molecule has 11 heteroatoms. The molecule has 0 aliphatic rings. The van der Waals surface area contributed by atoms with Crippen molar-refractivity contribution >= 4 is 23.3 Å². The highest BCUT2D eigenvalue weighted by Crippen LogP contribution is 2.39. The van der Waals surface area contributed by atoms with E-state index in [0.717, 1.165) is 0 Å². The second-order valence-electron chi connectivity index (χ2n) is 6.82. The number of carbonyl (C=O) groups is 2. The molecule has 0 fully saturated rings. The fourth-order valence-corrected chi connectivity index (χ4v) is 3.02. The van der Waals surface area contributed by atoms with Gasteiger partial charge in [-0.2, -0.15) is 0 Å². The summed E-state index contributed by atoms with van der Waals surface area (Å²) in [5.74, 6) is -0.389. The van der Waals surface area contributed by atoms with E-state index in [2.05, 4.69) is 5.32 Å². The van der Waals surface area contributed by atoms with E-state index in [1.54, 1.807) is 20.8 Å². The van der Waals surface area contributed by atoms with E-state index < -0.39 is 23.4 Å². The molecular weight excluding hydrogens is 448 g/mol. The maximum Gasteiger partial charge on any atom is 0.338 e. The van der Waals surface area contributed by atoms with Crippen molar-refractivity contribution in [1.29, 1.82) is 0 Å². The number of nitrogens with one attached hydrogen (secondary N) is 1. The number of nitro benzene ring substituents is 1. The van der Waals surface area contributed by atoms with Gasteiger partial charge < -0.3 is 29.0 Å². The fraction of sp³-hybridized carbons (Fsp3) is 0.391. The van der Waals surface area contributed by atoms with Crippen molar-refractivity contribution < 1.29 is 38.2 Å². The number of nitro groups is 1. The van der Waals surface area contributed by atoms with E-state index in [4.69, 9.17) is 23.7 Å². The molecule has 2 aromatic rings. The van der Waals surface area contributed by atoms with Gasteiger partial charge in [0.15, 0.2) is 23.9 Å². The predicted octanol–water partition coefficient (Wildman–Crippen LogP) is 3.90. The number of ether oxygens (including phenoxy) is 5. The maximum absolute atomic E-state index is 12.6. The van der Waals surface area contributed by atoms with Gasteiger partial charge in [0.1, 0.15) is 0 Å². The van der Waals surface area contributed by atoms with Crippen LogP contribution in [-0.4, -0.2) is 50.3 Å². The number of hydrogen-bond acceptors (Lipinski definition) is 9. The van der Waals surface area contributed by atoms with Gasteiger partial charge in [0.25, 0.3) is 5.91 Å². The van der Waals surface area contributed by atoms with Gasteiger partial charge in [0.2, 0.25) is 5.75 Å². The van der Waals surface area contributed by atoms with Gasteiger partial charge >= 0.3 is 11.7 Å². The second kappa shape index (κ2) is 12.3. The summed E-state index contributed by atoms with van der Waals surface area (Å²) < 4.78 is 26.9. The highest BCUT2D eigenvalue weighted by molar-refractivity contribution is 5.96. The minimum absolute atomic E-state index is 0.0100. The number of esters is 1. The Morgan fingerprint density at radius 2 is 1.53 bits per heavy atom. The Balaban J connectivity index is 2.16. The quantitative estimate of drug-likeness (QED) is 0.275. The van der Waals surface area contributed by atoms with Gasteiger partial charge in [0.05, 0.1) is 37.4 Å². The third kappa shape index (κ3) is 6.50. The summed E-state index contributed by atoms with van der Waals surface area (Å²) in [4.78, 5) is 35.5. The molecule has 0 unspecified atom stereocenters. The van der Waals surface area contributed by atoms with Crippen molar-refractivity contribution in [3.63, 3.8) is 0 Å². The highest BCUT2D eigenvalue weighted by Gasteiger charge is 2.21. The first-order valence-corrected chi connectivity index (χ1v) is 10.6. The van der Waals surface area contributed by atoms with Gasteiger partial charge in [-0.1, -0.05) is 0 Å². The molecule has 0 saturated heterocycles. The number of anilines is 1. The van der Waals surface area contributed by atoms with Crippen molar-refractivity contribution in [2.75, 3.05) is 38.9 Å². The lowest BCUT2D eigenvalue weighted by atomic mass is 10.1. The van der Waals surface area contributed by atoms with Crippen LogP contribution in [0.5, 0.6) is 23.0 Å². The van der Waals surface area contributed by atoms with Crippen LogP contribution in [0.25, 0.3) is 0 Å². The van der Waals surface area contributed by atoms with Crippen LogP contribution in [-0.2, 0) is 9.53 Å². The maximum atomic E-state index is 12.6. The molecule has 0 aromatic heterocycles. The van der Waals surface area contributed by atoms with Crippen LogP contribution in [0, 0.1) is 17.0 Å². The van der Waals surface area contributed by atoms with Crippen molar-refractivity contribution in [3.8, 4) is 23.0 Å². The lowest BCUT2D eigenvalue weighted by Gasteiger charge is -2.17. The summed E-state index contributed by atoms with van der Waals surface area (Å²) in [5, 5.41) is 13.7. The summed E-state index contributed by atoms with van der Waals surface area (Å²) in [5.41, 5.74) is 0.634. The SMILES string of the molecule is CCOc1cc(C(=O)OCC(=O)Nc2cc(OC)c([N+](=O)[O-])cc2C)cc(OCC)c1OCC. The van der Waals surface area contributed by atoms with Gasteiger partial charge in [-0.15, -0.1) is 0 Å². The zero-order chi connectivity index (χ0) is 25.3. The molecule has 0 aliphatic heterocycles. The minimum Gasteiger partial charge on any atom is -0.490 e. The first kappa shape index (κ1) is 26.2. The first-order valence-electron chi connectivity index (χ1n) is 10.6. The average Bonchev–Trinajstić information content (AvgIpc) is 2.80. The van der Waals surface area contributed by atoms with Crippen LogP contribution in [0.1, 0.15) is 36.7 Å². The van der Waals surface area contributed by atoms with Gasteiger partial charge in [-0.05, 0) is 45.4 Å². The Hall–Kier alpha value is -4.02. The van der Waals surface area contributed by atoms with E-state index in [0.29, 0.717) is 48.3 Å². The summed E-state index contributed by atoms with van der Waals surface area (Å²) in [6, 6.07) is 5.54. The summed E-state index contributed by atoms with van der Waals surface area (Å²) in [7, 11) is 1.29. The van der Waals surface area contributed by atoms with Crippen LogP contribution in [0.2, 0.25) is 0 Å². The largest absolute Gasteiger partial charge is 0.490 e. The van der Waals surface area contributed by atoms with Gasteiger partial charge in [0, 0.05) is 17.8 Å². The molecule has 1 N–H and O–H groups in total. The molecule has 0 radical (unpaired) electrons. The lowest BCUT2D eigenvalue weighted by molar-refractivity contribution is -0.385. The normalized spacial score (nSPS) is 10.3. The van der Waals surface area contributed by atoms with E-state index in [1.165, 1.54) is 31.4 Å². The van der Waals surface area contributed by atoms with Crippen LogP contribution < -0.4 is 24.3 Å². The molecule has 11 nitrogen and oxygen atoms in total. The number of rotatable bonds is 12. The molecule has 0 bridgehead atoms. The second-order valence-corrected chi connectivity index (χ2v) is 6.82. The van der Waals surface area contributed by atoms with E-state index in [1.807, 2.05) is 6.92 Å². The predicted molar refractivity (Wildman–Crippen MR) is 123 cm³/mol. The zero-order valence-corrected chi connectivity index (χ0v) is 19.8. The standard InChI is InChI=1S/C23H28N2O9/c1-6-31-19-10-15(11-20(32-7-2)22(19)33-8-3)23(27)34-13-21(26)24-16-12-18(30-5)17(25(28)29)9-14(16)4/h9-12H,6-8,13H2,1-5H3,(H,24,26). The molecule has 0 spiro atoms. The van der Waals surface area contributed by atoms with E-state index >= 15 is 0 Å². The Kier molecular flexibility index (Phi) is 9.48. The average molecular weight is 476 g/mol. The molecule has 0 heterocycles. The topological polar surface area (TPSA) is 135 Å². The summed E-state index contributed by atoms with van der Waals surface area (Å²) >= 11 is 0. The van der Waals surface area contributed by atoms with Crippen molar-refractivity contribution in [2.45, 2.75) is 27.7 Å². The Morgan fingerprint density at radius 3 is 2.03 bits per heavy atom. The molecule has 34 heavy (non-hydrogen) atoms. The monoisotopic (exact) mass is 476 g/mol. The lowest BCUT2D eigenvalue weighted by Crippen LogP contribution is -2.21.